The van der Waals surface area contributed by atoms with Crippen LogP contribution in [0.4, 0.5) is 4.39 Å². The first kappa shape index (κ1) is 21.9. The van der Waals surface area contributed by atoms with Gasteiger partial charge >= 0.3 is 0 Å². The van der Waals surface area contributed by atoms with Crippen molar-refractivity contribution in [3.63, 3.8) is 0 Å². The molecule has 1 saturated heterocycles. The average Bonchev–Trinajstić information content (AvgIpc) is 3.33. The molecule has 0 spiro atoms. The van der Waals surface area contributed by atoms with E-state index in [0.29, 0.717) is 15.3 Å². The van der Waals surface area contributed by atoms with E-state index >= 15 is 0 Å². The van der Waals surface area contributed by atoms with Gasteiger partial charge < -0.3 is 19.5 Å². The fourth-order valence-corrected chi connectivity index (χ4v) is 4.74. The van der Waals surface area contributed by atoms with Gasteiger partial charge in [0.1, 0.15) is 23.4 Å². The molecule has 2 atom stereocenters. The minimum atomic E-state index is -0.296. The maximum Gasteiger partial charge on any atom is 0.170 e. The lowest BCUT2D eigenvalue weighted by molar-refractivity contribution is 0.261. The second-order valence-electron chi connectivity index (χ2n) is 7.80. The van der Waals surface area contributed by atoms with Crippen LogP contribution in [0.3, 0.4) is 0 Å². The van der Waals surface area contributed by atoms with Gasteiger partial charge in [-0.05, 0) is 97.7 Å². The molecule has 1 N–H and O–H groups in total. The molecule has 1 aromatic carbocycles. The van der Waals surface area contributed by atoms with Crippen molar-refractivity contribution in [3.05, 3.63) is 76.5 Å². The second kappa shape index (κ2) is 9.46. The first-order chi connectivity index (χ1) is 14.9. The van der Waals surface area contributed by atoms with Crippen molar-refractivity contribution in [1.82, 2.24) is 20.1 Å². The first-order valence-electron chi connectivity index (χ1n) is 10.1. The number of thiocarbonyl (C=S) groups is 1. The van der Waals surface area contributed by atoms with Crippen LogP contribution in [0.1, 0.15) is 30.0 Å². The second-order valence-corrected chi connectivity index (χ2v) is 9.04. The number of nitrogens with zero attached hydrogens (tertiary/aromatic N) is 3. The van der Waals surface area contributed by atoms with E-state index in [9.17, 15) is 4.39 Å². The molecule has 1 aliphatic rings. The van der Waals surface area contributed by atoms with E-state index < -0.39 is 0 Å². The van der Waals surface area contributed by atoms with Crippen molar-refractivity contribution in [2.75, 3.05) is 27.2 Å². The Balaban J connectivity index is 1.68. The minimum Gasteiger partial charge on any atom is -0.459 e. The molecule has 2 aromatic heterocycles. The van der Waals surface area contributed by atoms with Crippen LogP contribution in [0.5, 0.6) is 0 Å². The molecule has 0 saturated carbocycles. The Morgan fingerprint density at radius 1 is 1.23 bits per heavy atom. The standard InChI is InChI=1S/C23H24BrFN4OS/c1-28(2)12-5-13-29-22(21(27-23(29)31)18-6-3-4-11-26-18)20-10-9-19(30-20)16-8-7-15(25)14-17(16)24/h3-4,6-11,14,21-22H,5,12-13H2,1-2H3,(H,27,31)/t21-,22-/m1/s1. The maximum atomic E-state index is 13.5. The number of halogens is 2. The molecular weight excluding hydrogens is 479 g/mol. The van der Waals surface area contributed by atoms with Gasteiger partial charge in [-0.15, -0.1) is 0 Å². The SMILES string of the molecule is CN(C)CCCN1C(=S)N[C@H](c2ccccn2)[C@H]1c1ccc(-c2ccc(F)cc2Br)o1. The normalized spacial score (nSPS) is 18.6. The summed E-state index contributed by atoms with van der Waals surface area (Å²) in [6.45, 7) is 1.76. The molecule has 0 aliphatic carbocycles. The van der Waals surface area contributed by atoms with Crippen molar-refractivity contribution < 1.29 is 8.81 Å². The van der Waals surface area contributed by atoms with Crippen LogP contribution < -0.4 is 5.32 Å². The molecule has 3 aromatic rings. The van der Waals surface area contributed by atoms with Crippen molar-refractivity contribution in [3.8, 4) is 11.3 Å². The largest absolute Gasteiger partial charge is 0.459 e. The number of benzene rings is 1. The summed E-state index contributed by atoms with van der Waals surface area (Å²) in [6, 6.07) is 14.1. The van der Waals surface area contributed by atoms with E-state index in [1.54, 1.807) is 12.3 Å². The summed E-state index contributed by atoms with van der Waals surface area (Å²) in [7, 11) is 4.13. The average molecular weight is 503 g/mol. The lowest BCUT2D eigenvalue weighted by Gasteiger charge is -2.26. The van der Waals surface area contributed by atoms with E-state index in [2.05, 4.69) is 50.1 Å². The molecule has 1 aliphatic heterocycles. The third-order valence-electron chi connectivity index (χ3n) is 5.32. The van der Waals surface area contributed by atoms with Gasteiger partial charge in [-0.25, -0.2) is 4.39 Å². The van der Waals surface area contributed by atoms with Crippen molar-refractivity contribution in [1.29, 1.82) is 0 Å². The number of pyridine rings is 1. The fraction of sp³-hybridized carbons (Fsp3) is 0.304. The zero-order chi connectivity index (χ0) is 22.0. The molecule has 1 fully saturated rings. The van der Waals surface area contributed by atoms with Gasteiger partial charge in [0.25, 0.3) is 0 Å². The number of hydrogen-bond donors (Lipinski definition) is 1. The van der Waals surface area contributed by atoms with E-state index in [-0.39, 0.29) is 17.9 Å². The van der Waals surface area contributed by atoms with Gasteiger partial charge in [0.2, 0.25) is 0 Å². The molecule has 5 nitrogen and oxygen atoms in total. The Hall–Kier alpha value is -2.29. The van der Waals surface area contributed by atoms with Gasteiger partial charge in [0, 0.05) is 22.8 Å². The van der Waals surface area contributed by atoms with Crippen LogP contribution in [0.15, 0.2) is 63.6 Å². The highest BCUT2D eigenvalue weighted by atomic mass is 79.9. The molecule has 4 rings (SSSR count). The van der Waals surface area contributed by atoms with Crippen LogP contribution in [0, 0.1) is 5.82 Å². The molecule has 0 bridgehead atoms. The van der Waals surface area contributed by atoms with Gasteiger partial charge in [-0.2, -0.15) is 0 Å². The number of nitrogens with one attached hydrogen (secondary N) is 1. The van der Waals surface area contributed by atoms with E-state index in [0.717, 1.165) is 36.5 Å². The van der Waals surface area contributed by atoms with Crippen molar-refractivity contribution >= 4 is 33.3 Å². The lowest BCUT2D eigenvalue weighted by Crippen LogP contribution is -2.32. The highest BCUT2D eigenvalue weighted by Crippen LogP contribution is 2.41. The molecule has 0 unspecified atom stereocenters. The predicted octanol–water partition coefficient (Wildman–Crippen LogP) is 5.17. The third kappa shape index (κ3) is 4.81. The summed E-state index contributed by atoms with van der Waals surface area (Å²) in [5.74, 6) is 1.17. The quantitative estimate of drug-likeness (QED) is 0.449. The lowest BCUT2D eigenvalue weighted by atomic mass is 10.0. The molecule has 8 heteroatoms. The summed E-state index contributed by atoms with van der Waals surface area (Å²) in [5, 5.41) is 4.13. The molecule has 3 heterocycles. The molecule has 0 amide bonds. The zero-order valence-corrected chi connectivity index (χ0v) is 19.8. The van der Waals surface area contributed by atoms with E-state index in [4.69, 9.17) is 16.6 Å². The summed E-state index contributed by atoms with van der Waals surface area (Å²) in [5.41, 5.74) is 1.71. The van der Waals surface area contributed by atoms with Crippen LogP contribution >= 0.6 is 28.1 Å². The fourth-order valence-electron chi connectivity index (χ4n) is 3.86. The zero-order valence-electron chi connectivity index (χ0n) is 17.4. The van der Waals surface area contributed by atoms with Crippen LogP contribution in [-0.4, -0.2) is 47.1 Å². The Morgan fingerprint density at radius 2 is 2.06 bits per heavy atom. The Labute approximate surface area is 195 Å². The smallest absolute Gasteiger partial charge is 0.170 e. The number of aromatic nitrogens is 1. The Bertz CT molecular complexity index is 1060. The summed E-state index contributed by atoms with van der Waals surface area (Å²) in [4.78, 5) is 8.90. The Kier molecular flexibility index (Phi) is 6.69. The highest BCUT2D eigenvalue weighted by molar-refractivity contribution is 9.10. The summed E-state index contributed by atoms with van der Waals surface area (Å²) in [6.07, 6.45) is 2.76. The predicted molar refractivity (Wildman–Crippen MR) is 127 cm³/mol. The third-order valence-corrected chi connectivity index (χ3v) is 6.33. The van der Waals surface area contributed by atoms with Crippen molar-refractivity contribution in [2.45, 2.75) is 18.5 Å². The molecular formula is C23H24BrFN4OS. The topological polar surface area (TPSA) is 44.5 Å². The molecule has 0 radical (unpaired) electrons. The maximum absolute atomic E-state index is 13.5. The summed E-state index contributed by atoms with van der Waals surface area (Å²) >= 11 is 9.13. The van der Waals surface area contributed by atoms with E-state index in [1.165, 1.54) is 12.1 Å². The van der Waals surface area contributed by atoms with Crippen LogP contribution in [0.2, 0.25) is 0 Å². The van der Waals surface area contributed by atoms with Gasteiger partial charge in [0.15, 0.2) is 5.11 Å². The first-order valence-corrected chi connectivity index (χ1v) is 11.3. The van der Waals surface area contributed by atoms with Gasteiger partial charge in [-0.1, -0.05) is 6.07 Å². The van der Waals surface area contributed by atoms with Crippen molar-refractivity contribution in [2.24, 2.45) is 0 Å². The van der Waals surface area contributed by atoms with E-state index in [1.807, 2.05) is 30.3 Å². The number of furan rings is 1. The van der Waals surface area contributed by atoms with Gasteiger partial charge in [-0.3, -0.25) is 4.98 Å². The van der Waals surface area contributed by atoms with Crippen LogP contribution in [0.25, 0.3) is 11.3 Å². The highest BCUT2D eigenvalue weighted by Gasteiger charge is 2.41. The molecule has 162 valence electrons. The number of rotatable bonds is 7. The summed E-state index contributed by atoms with van der Waals surface area (Å²) < 4.78 is 20.5. The number of hydrogen-bond acceptors (Lipinski definition) is 4. The monoisotopic (exact) mass is 502 g/mol. The molecule has 31 heavy (non-hydrogen) atoms. The van der Waals surface area contributed by atoms with Crippen LogP contribution in [-0.2, 0) is 0 Å². The Morgan fingerprint density at radius 3 is 2.77 bits per heavy atom. The minimum absolute atomic E-state index is 0.122. The van der Waals surface area contributed by atoms with Gasteiger partial charge in [0.05, 0.1) is 11.7 Å².